The predicted octanol–water partition coefficient (Wildman–Crippen LogP) is 3.47. The molecule has 0 aliphatic heterocycles. The second-order valence-corrected chi connectivity index (χ2v) is 8.04. The molecule has 1 N–H and O–H groups in total. The maximum Gasteiger partial charge on any atom is 0.303 e. The van der Waals surface area contributed by atoms with Crippen molar-refractivity contribution in [3.8, 4) is 5.75 Å². The molecule has 27 heavy (non-hydrogen) atoms. The number of aryl methyl sites for hydroxylation is 2. The summed E-state index contributed by atoms with van der Waals surface area (Å²) in [5, 5.41) is 9.66. The highest BCUT2D eigenvalue weighted by atomic mass is 32.2. The molecule has 0 saturated heterocycles. The number of benzene rings is 2. The van der Waals surface area contributed by atoms with Crippen molar-refractivity contribution in [3.63, 3.8) is 0 Å². The fourth-order valence-corrected chi connectivity index (χ4v) is 4.41. The number of hydrogen-bond acceptors (Lipinski definition) is 4. The third-order valence-corrected chi connectivity index (χ3v) is 6.24. The molecule has 3 aromatic rings. The number of nitrogens with zero attached hydrogens (tertiary/aromatic N) is 1. The van der Waals surface area contributed by atoms with Crippen molar-refractivity contribution >= 4 is 26.9 Å². The van der Waals surface area contributed by atoms with Crippen molar-refractivity contribution in [2.75, 3.05) is 7.11 Å². The number of hydrogen-bond donors (Lipinski definition) is 1. The lowest BCUT2D eigenvalue weighted by molar-refractivity contribution is -0.136. The minimum Gasteiger partial charge on any atom is -0.497 e. The van der Waals surface area contributed by atoms with Crippen LogP contribution in [0.25, 0.3) is 10.9 Å². The zero-order valence-electron chi connectivity index (χ0n) is 15.2. The van der Waals surface area contributed by atoms with Crippen LogP contribution in [0.3, 0.4) is 0 Å². The van der Waals surface area contributed by atoms with Crippen LogP contribution in [0.1, 0.15) is 24.5 Å². The molecule has 7 heteroatoms. The molecule has 3 rings (SSSR count). The zero-order valence-corrected chi connectivity index (χ0v) is 16.0. The second-order valence-electron chi connectivity index (χ2n) is 6.23. The fourth-order valence-electron chi connectivity index (χ4n) is 3.02. The zero-order chi connectivity index (χ0) is 19.6. The smallest absolute Gasteiger partial charge is 0.303 e. The Kier molecular flexibility index (Phi) is 5.23. The maximum absolute atomic E-state index is 13.2. The Hall–Kier alpha value is -2.80. The Balaban J connectivity index is 2.15. The number of rotatable bonds is 7. The molecule has 2 aromatic carbocycles. The first kappa shape index (κ1) is 19.0. The van der Waals surface area contributed by atoms with Gasteiger partial charge in [0.2, 0.25) is 0 Å². The van der Waals surface area contributed by atoms with Crippen LogP contribution in [0, 0.1) is 0 Å². The molecule has 1 heterocycles. The number of ether oxygens (including phenoxy) is 1. The lowest BCUT2D eigenvalue weighted by Gasteiger charge is -2.08. The van der Waals surface area contributed by atoms with Gasteiger partial charge in [-0.25, -0.2) is 12.4 Å². The van der Waals surface area contributed by atoms with Crippen molar-refractivity contribution in [2.45, 2.75) is 31.1 Å². The number of methoxy groups -OCH3 is 1. The van der Waals surface area contributed by atoms with E-state index in [-0.39, 0.29) is 17.7 Å². The summed E-state index contributed by atoms with van der Waals surface area (Å²) < 4.78 is 32.8. The molecule has 0 saturated carbocycles. The van der Waals surface area contributed by atoms with Gasteiger partial charge in [0.05, 0.1) is 17.5 Å². The summed E-state index contributed by atoms with van der Waals surface area (Å²) in [6, 6.07) is 11.9. The van der Waals surface area contributed by atoms with Gasteiger partial charge in [0.15, 0.2) is 0 Å². The standard InChI is InChI=1S/C20H21NO5S/c1-3-14-4-8-17(9-5-14)27(24,25)21-13-15(6-11-20(22)23)18-12-16(26-2)7-10-19(18)21/h4-5,7-10,12-13H,3,6,11H2,1-2H3,(H,22,23). The van der Waals surface area contributed by atoms with E-state index in [2.05, 4.69) is 0 Å². The molecule has 0 bridgehead atoms. The predicted molar refractivity (Wildman–Crippen MR) is 103 cm³/mol. The minimum atomic E-state index is -3.80. The molecule has 0 amide bonds. The summed E-state index contributed by atoms with van der Waals surface area (Å²) >= 11 is 0. The van der Waals surface area contributed by atoms with Crippen LogP contribution >= 0.6 is 0 Å². The first-order chi connectivity index (χ1) is 12.9. The monoisotopic (exact) mass is 387 g/mol. The maximum atomic E-state index is 13.2. The number of carbonyl (C=O) groups is 1. The molecule has 0 aliphatic rings. The van der Waals surface area contributed by atoms with Gasteiger partial charge in [-0.1, -0.05) is 19.1 Å². The van der Waals surface area contributed by atoms with E-state index in [1.54, 1.807) is 42.5 Å². The Labute approximate surface area is 158 Å². The second kappa shape index (κ2) is 7.44. The van der Waals surface area contributed by atoms with Crippen LogP contribution in [-0.4, -0.2) is 30.6 Å². The first-order valence-electron chi connectivity index (χ1n) is 8.61. The molecular formula is C20H21NO5S. The van der Waals surface area contributed by atoms with Crippen molar-refractivity contribution in [1.29, 1.82) is 0 Å². The molecule has 0 unspecified atom stereocenters. The molecule has 0 radical (unpaired) electrons. The topological polar surface area (TPSA) is 85.6 Å². The summed E-state index contributed by atoms with van der Waals surface area (Å²) in [6.07, 6.45) is 2.49. The van der Waals surface area contributed by atoms with Crippen LogP contribution in [0.4, 0.5) is 0 Å². The summed E-state index contributed by atoms with van der Waals surface area (Å²) in [7, 11) is -2.27. The van der Waals surface area contributed by atoms with Gasteiger partial charge in [0, 0.05) is 18.0 Å². The minimum absolute atomic E-state index is 0.0818. The number of carboxylic acid groups (broad SMARTS) is 1. The normalized spacial score (nSPS) is 11.6. The van der Waals surface area contributed by atoms with E-state index in [0.717, 1.165) is 12.0 Å². The van der Waals surface area contributed by atoms with Gasteiger partial charge in [-0.05, 0) is 54.3 Å². The van der Waals surface area contributed by atoms with Crippen LogP contribution in [0.2, 0.25) is 0 Å². The average Bonchev–Trinajstić information content (AvgIpc) is 3.05. The van der Waals surface area contributed by atoms with Crippen molar-refractivity contribution in [2.24, 2.45) is 0 Å². The highest BCUT2D eigenvalue weighted by Gasteiger charge is 2.22. The van der Waals surface area contributed by atoms with E-state index in [0.29, 0.717) is 22.2 Å². The Bertz CT molecular complexity index is 1080. The molecule has 0 atom stereocenters. The SMILES string of the molecule is CCc1ccc(S(=O)(=O)n2cc(CCC(=O)O)c3cc(OC)ccc32)cc1. The Morgan fingerprint density at radius 1 is 1.15 bits per heavy atom. The van der Waals surface area contributed by atoms with E-state index in [9.17, 15) is 13.2 Å². The highest BCUT2D eigenvalue weighted by Crippen LogP contribution is 2.30. The molecule has 1 aromatic heterocycles. The summed E-state index contributed by atoms with van der Waals surface area (Å²) in [5.41, 5.74) is 2.20. The van der Waals surface area contributed by atoms with Gasteiger partial charge in [-0.2, -0.15) is 0 Å². The lowest BCUT2D eigenvalue weighted by atomic mass is 10.1. The van der Waals surface area contributed by atoms with E-state index in [1.165, 1.54) is 17.3 Å². The molecule has 142 valence electrons. The third-order valence-electron chi connectivity index (χ3n) is 4.56. The quantitative estimate of drug-likeness (QED) is 0.671. The molecule has 0 aliphatic carbocycles. The summed E-state index contributed by atoms with van der Waals surface area (Å²) in [6.45, 7) is 2.01. The van der Waals surface area contributed by atoms with Crippen molar-refractivity contribution in [1.82, 2.24) is 3.97 Å². The van der Waals surface area contributed by atoms with Gasteiger partial charge >= 0.3 is 5.97 Å². The average molecular weight is 387 g/mol. The third kappa shape index (κ3) is 3.68. The van der Waals surface area contributed by atoms with Gasteiger partial charge in [0.1, 0.15) is 5.75 Å². The van der Waals surface area contributed by atoms with Gasteiger partial charge in [0.25, 0.3) is 10.0 Å². The van der Waals surface area contributed by atoms with E-state index < -0.39 is 16.0 Å². The van der Waals surface area contributed by atoms with E-state index >= 15 is 0 Å². The highest BCUT2D eigenvalue weighted by molar-refractivity contribution is 7.90. The largest absolute Gasteiger partial charge is 0.497 e. The van der Waals surface area contributed by atoms with Crippen LogP contribution in [0.5, 0.6) is 5.75 Å². The number of aromatic nitrogens is 1. The van der Waals surface area contributed by atoms with Gasteiger partial charge < -0.3 is 9.84 Å². The van der Waals surface area contributed by atoms with Crippen LogP contribution in [-0.2, 0) is 27.7 Å². The number of aliphatic carboxylic acids is 1. The van der Waals surface area contributed by atoms with Crippen LogP contribution in [0.15, 0.2) is 53.6 Å². The summed E-state index contributed by atoms with van der Waals surface area (Å²) in [5.74, 6) is -0.349. The Morgan fingerprint density at radius 3 is 2.44 bits per heavy atom. The summed E-state index contributed by atoms with van der Waals surface area (Å²) in [4.78, 5) is 11.2. The Morgan fingerprint density at radius 2 is 1.85 bits per heavy atom. The molecule has 6 nitrogen and oxygen atoms in total. The van der Waals surface area contributed by atoms with Gasteiger partial charge in [-0.3, -0.25) is 4.79 Å². The number of fused-ring (bicyclic) bond motifs is 1. The molecule has 0 fully saturated rings. The van der Waals surface area contributed by atoms with Crippen molar-refractivity contribution in [3.05, 3.63) is 59.8 Å². The fraction of sp³-hybridized carbons (Fsp3) is 0.250. The first-order valence-corrected chi connectivity index (χ1v) is 10.0. The number of carboxylic acids is 1. The lowest BCUT2D eigenvalue weighted by Crippen LogP contribution is -2.12. The van der Waals surface area contributed by atoms with E-state index in [1.807, 2.05) is 6.92 Å². The van der Waals surface area contributed by atoms with E-state index in [4.69, 9.17) is 9.84 Å². The van der Waals surface area contributed by atoms with Gasteiger partial charge in [-0.15, -0.1) is 0 Å². The molecule has 0 spiro atoms. The van der Waals surface area contributed by atoms with Crippen LogP contribution < -0.4 is 4.74 Å². The van der Waals surface area contributed by atoms with Crippen molar-refractivity contribution < 1.29 is 23.1 Å². The molecular weight excluding hydrogens is 366 g/mol.